The zero-order chi connectivity index (χ0) is 74.0. The number of carboxylic acids is 1. The molecule has 0 spiro atoms. The number of nitrogens with two attached hydrogens (primary N) is 1. The van der Waals surface area contributed by atoms with Crippen molar-refractivity contribution in [1.82, 2.24) is 39.9 Å². The first-order valence-corrected chi connectivity index (χ1v) is 33.1. The largest absolute Gasteiger partial charge is 0.525 e. The van der Waals surface area contributed by atoms with Gasteiger partial charge in [-0.3, -0.25) is 10.6 Å². The van der Waals surface area contributed by atoms with Crippen LogP contribution in [0.2, 0.25) is 0 Å². The Bertz CT molecular complexity index is 4750. The van der Waals surface area contributed by atoms with E-state index in [1.165, 1.54) is 6.20 Å². The summed E-state index contributed by atoms with van der Waals surface area (Å²) >= 11 is 4.95. The number of nitrogens with zero attached hydrogens (tertiary/aromatic N) is 11. The highest BCUT2D eigenvalue weighted by molar-refractivity contribution is 7.53. The molecular weight excluding hydrogens is 1350 g/mol. The number of benzene rings is 8. The first kappa shape index (κ1) is 77.1. The van der Waals surface area contributed by atoms with Crippen molar-refractivity contribution in [3.05, 3.63) is 307 Å². The van der Waals surface area contributed by atoms with Gasteiger partial charge in [0.15, 0.2) is 0 Å². The van der Waals surface area contributed by atoms with E-state index in [1.807, 2.05) is 168 Å². The van der Waals surface area contributed by atoms with Gasteiger partial charge in [-0.25, -0.2) is 63.6 Å². The topological polar surface area (TPSA) is 354 Å². The van der Waals surface area contributed by atoms with Crippen molar-refractivity contribution in [2.24, 2.45) is 4.88 Å². The van der Waals surface area contributed by atoms with Crippen molar-refractivity contribution in [3.8, 4) is 68.0 Å². The average molecular weight is 1420 g/mol. The zero-order valence-corrected chi connectivity index (χ0v) is 58.4. The Morgan fingerprint density at radius 3 is 1.14 bits per heavy atom. The predicted octanol–water partition coefficient (Wildman–Crippen LogP) is 19.0. The minimum Gasteiger partial charge on any atom is -0.478 e. The van der Waals surface area contributed by atoms with Crippen LogP contribution in [0.4, 0.5) is 31.4 Å². The summed E-state index contributed by atoms with van der Waals surface area (Å²) in [5, 5.41) is 14.4. The summed E-state index contributed by atoms with van der Waals surface area (Å²) in [4.78, 5) is 84.3. The second-order valence-electron chi connectivity index (χ2n) is 22.1. The molecule has 0 fully saturated rings. The molecule has 4 heterocycles. The minimum atomic E-state index is -3.95. The molecule has 0 aliphatic rings. The minimum absolute atomic E-state index is 0.122. The van der Waals surface area contributed by atoms with Crippen LogP contribution in [0.5, 0.6) is 23.0 Å². The fraction of sp³-hybridized carbons (Fsp3) is 0.105. The molecule has 25 nitrogen and oxygen atoms in total. The van der Waals surface area contributed by atoms with Gasteiger partial charge in [0, 0.05) is 49.8 Å². The van der Waals surface area contributed by atoms with Gasteiger partial charge in [0.25, 0.3) is 0 Å². The van der Waals surface area contributed by atoms with E-state index in [2.05, 4.69) is 65.0 Å². The van der Waals surface area contributed by atoms with Crippen molar-refractivity contribution >= 4 is 60.0 Å². The van der Waals surface area contributed by atoms with Gasteiger partial charge in [-0.1, -0.05) is 194 Å². The highest BCUT2D eigenvalue weighted by Gasteiger charge is 2.27. The maximum atomic E-state index is 12.3. The maximum Gasteiger partial charge on any atom is 0.525 e. The number of ether oxygens (including phenoxy) is 3. The molecule has 0 saturated carbocycles. The van der Waals surface area contributed by atoms with E-state index >= 15 is 0 Å². The number of carbonyl (C=O) groups is 4. The summed E-state index contributed by atoms with van der Waals surface area (Å²) in [5.74, 6) is 3.08. The van der Waals surface area contributed by atoms with Crippen molar-refractivity contribution in [3.63, 3.8) is 0 Å². The lowest BCUT2D eigenvalue weighted by Crippen LogP contribution is -2.27. The highest BCUT2D eigenvalue weighted by atomic mass is 35.5. The molecule has 0 aliphatic heterocycles. The molecule has 8 aromatic carbocycles. The van der Waals surface area contributed by atoms with E-state index in [1.54, 1.807) is 142 Å². The summed E-state index contributed by atoms with van der Waals surface area (Å²) < 4.78 is 37.6. The Hall–Kier alpha value is -13.2. The number of carboxylic acid groups (broad SMARTS) is 1. The number of nitrogen functional groups attached to an aromatic ring is 1. The second kappa shape index (κ2) is 39.4. The number of amides is 2. The van der Waals surface area contributed by atoms with Gasteiger partial charge >= 0.3 is 31.3 Å². The summed E-state index contributed by atoms with van der Waals surface area (Å²) in [5.41, 5.74) is 20.9. The molecule has 0 bridgehead atoms. The molecule has 12 rings (SSSR count). The van der Waals surface area contributed by atoms with Crippen LogP contribution in [-0.2, 0) is 9.30 Å². The number of halogens is 1. The van der Waals surface area contributed by atoms with Crippen LogP contribution in [0.1, 0.15) is 54.4 Å². The van der Waals surface area contributed by atoms with Crippen molar-refractivity contribution in [2.45, 2.75) is 54.1 Å². The van der Waals surface area contributed by atoms with Gasteiger partial charge < -0.3 is 34.1 Å². The second-order valence-corrected chi connectivity index (χ2v) is 23.9. The molecule has 5 N–H and O–H groups in total. The molecule has 103 heavy (non-hydrogen) atoms. The number of carbonyl (C=O) groups excluding carboxylic acids is 3. The fourth-order valence-electron chi connectivity index (χ4n) is 8.56. The molecule has 0 radical (unpaired) electrons. The fourth-order valence-corrected chi connectivity index (χ4v) is 9.64. The Morgan fingerprint density at radius 1 is 0.456 bits per heavy atom. The van der Waals surface area contributed by atoms with Gasteiger partial charge in [0.1, 0.15) is 57.5 Å². The quantitative estimate of drug-likeness (QED) is 0.0258. The number of hydrogen-bond acceptors (Lipinski definition) is 19. The summed E-state index contributed by atoms with van der Waals surface area (Å²) in [6.07, 6.45) is 5.05. The molecule has 0 saturated heterocycles. The lowest BCUT2D eigenvalue weighted by molar-refractivity contribution is 0.0633. The Labute approximate surface area is 599 Å². The van der Waals surface area contributed by atoms with Gasteiger partial charge in [0.05, 0.1) is 58.4 Å². The van der Waals surface area contributed by atoms with Crippen LogP contribution in [0.3, 0.4) is 0 Å². The number of para-hydroxylation sites is 4. The summed E-state index contributed by atoms with van der Waals surface area (Å²) in [6, 6.07) is 72.6. The van der Waals surface area contributed by atoms with Crippen molar-refractivity contribution in [2.75, 3.05) is 16.4 Å². The monoisotopic (exact) mass is 1420 g/mol. The smallest absolute Gasteiger partial charge is 0.478 e. The number of hydrogen-bond donors (Lipinski definition) is 4. The van der Waals surface area contributed by atoms with Crippen LogP contribution in [0.15, 0.2) is 272 Å². The molecule has 0 aliphatic carbocycles. The van der Waals surface area contributed by atoms with Gasteiger partial charge in [0.2, 0.25) is 0 Å². The Morgan fingerprint density at radius 2 is 0.767 bits per heavy atom. The van der Waals surface area contributed by atoms with E-state index in [-0.39, 0.29) is 5.56 Å². The lowest BCUT2D eigenvalue weighted by atomic mass is 10.1. The molecule has 4 aromatic heterocycles. The lowest BCUT2D eigenvalue weighted by Gasteiger charge is -2.20. The third-order valence-electron chi connectivity index (χ3n) is 12.9. The normalized spacial score (nSPS) is 10.2. The Kier molecular flexibility index (Phi) is 29.5. The standard InChI is InChI=1S/C18H15N3O2.C16H19N3O2.C12H10N3O3P.C12H10N2O2.C11H11N3.C7H5ClO2/c1-13-19-12-16(17(20-13)14-8-4-2-5-9-14)21-18(22)23-15-10-6-3-7-11-15;1-11-17-10-13(19-15(20)21-16(2,3)4)14(18-11)12-8-6-5-7-9-12;13-14-15-19(16,17-11-7-3-1-4-8-11)18-12-9-5-2-6-10-12;1-8-13-7-10(12(15)16)11(14-8)9-5-3-2-4-6-9;1-8-13-7-10(12)11(14-8)9-5-3-2-4-6-9;8-7(9)10-6-4-2-1-3-5-6/h2-12H,1H3,(H,21,22);5-10H,1-4H3,(H,19,20);1-10H;2-7H,1H3,(H,15,16);2-7H,12H2,1H3;1-5H. The number of nitrogens with one attached hydrogen (secondary N) is 2. The third-order valence-corrected chi connectivity index (χ3v) is 14.2. The molecule has 2 amide bonds. The molecular formula is C76H70ClN14O11P. The third kappa shape index (κ3) is 26.9. The van der Waals surface area contributed by atoms with E-state index in [0.29, 0.717) is 74.6 Å². The number of rotatable bonds is 14. The number of aromatic carboxylic acids is 1. The van der Waals surface area contributed by atoms with Crippen LogP contribution in [0.25, 0.3) is 55.5 Å². The Balaban J connectivity index is 0.000000176. The van der Waals surface area contributed by atoms with Crippen molar-refractivity contribution in [1.29, 1.82) is 0 Å². The van der Waals surface area contributed by atoms with Crippen LogP contribution >= 0.6 is 19.3 Å². The van der Waals surface area contributed by atoms with Crippen molar-refractivity contribution < 1.29 is 52.1 Å². The molecule has 0 unspecified atom stereocenters. The highest BCUT2D eigenvalue weighted by Crippen LogP contribution is 2.50. The molecule has 27 heteroatoms. The predicted molar refractivity (Wildman–Crippen MR) is 395 cm³/mol. The van der Waals surface area contributed by atoms with Gasteiger partial charge in [-0.15, -0.1) is 0 Å². The first-order valence-electron chi connectivity index (χ1n) is 31.2. The van der Waals surface area contributed by atoms with E-state index in [4.69, 9.17) is 46.5 Å². The van der Waals surface area contributed by atoms with E-state index in [0.717, 1.165) is 33.8 Å². The van der Waals surface area contributed by atoms with Gasteiger partial charge in [-0.2, -0.15) is 0 Å². The number of aryl methyl sites for hydroxylation is 4. The summed E-state index contributed by atoms with van der Waals surface area (Å²) in [6.45, 7) is 12.6. The molecule has 522 valence electrons. The number of aromatic nitrogens is 8. The maximum absolute atomic E-state index is 12.3. The van der Waals surface area contributed by atoms with E-state index in [9.17, 15) is 23.7 Å². The molecule has 12 aromatic rings. The summed E-state index contributed by atoms with van der Waals surface area (Å²) in [7, 11) is -3.95. The van der Waals surface area contributed by atoms with Gasteiger partial charge in [-0.05, 0) is 103 Å². The van der Waals surface area contributed by atoms with E-state index < -0.39 is 36.9 Å². The number of anilines is 3. The first-order chi connectivity index (χ1) is 49.5. The molecule has 0 atom stereocenters. The van der Waals surface area contributed by atoms with Crippen LogP contribution < -0.4 is 34.9 Å². The number of azide groups is 1. The van der Waals surface area contributed by atoms with Crippen LogP contribution in [0, 0.1) is 27.7 Å². The van der Waals surface area contributed by atoms with Crippen LogP contribution in [-0.4, -0.2) is 74.2 Å². The average Bonchev–Trinajstić information content (AvgIpc) is 0.793. The SMILES string of the molecule is Cc1ncc(C(=O)O)c(-c2ccccc2)n1.Cc1ncc(N)c(-c2ccccc2)n1.Cc1ncc(NC(=O)OC(C)(C)C)c(-c2ccccc2)n1.Cc1ncc(NC(=O)Oc2ccccc2)c(-c2ccccc2)n1.O=C(Cl)Oc1ccccc1.[N-]=[N+]=NP(=O)(Oc1ccccc1)Oc1ccccc1. The zero-order valence-electron chi connectivity index (χ0n) is 56.8.